The molecule has 0 saturated carbocycles. The van der Waals surface area contributed by atoms with E-state index >= 15 is 0 Å². The van der Waals surface area contributed by atoms with E-state index < -0.39 is 0 Å². The SMILES string of the molecule is CC(C)(C)OC(=O)N1CC2CCNCCC2C1.Cl. The molecule has 2 saturated heterocycles. The highest BCUT2D eigenvalue weighted by molar-refractivity contribution is 5.85. The molecule has 0 aromatic carbocycles. The predicted molar refractivity (Wildman–Crippen MR) is 74.1 cm³/mol. The zero-order chi connectivity index (χ0) is 12.5. The zero-order valence-electron chi connectivity index (χ0n) is 11.6. The molecule has 0 aromatic heterocycles. The van der Waals surface area contributed by atoms with Crippen molar-refractivity contribution in [1.82, 2.24) is 10.2 Å². The van der Waals surface area contributed by atoms with Gasteiger partial charge in [0.2, 0.25) is 0 Å². The van der Waals surface area contributed by atoms with Gasteiger partial charge in [0.05, 0.1) is 0 Å². The smallest absolute Gasteiger partial charge is 0.410 e. The van der Waals surface area contributed by atoms with Gasteiger partial charge in [-0.25, -0.2) is 4.79 Å². The lowest BCUT2D eigenvalue weighted by molar-refractivity contribution is 0.0282. The number of amides is 1. The van der Waals surface area contributed by atoms with Crippen LogP contribution in [0.3, 0.4) is 0 Å². The van der Waals surface area contributed by atoms with Crippen LogP contribution in [-0.2, 0) is 4.74 Å². The lowest BCUT2D eigenvalue weighted by atomic mass is 9.92. The first-order valence-corrected chi connectivity index (χ1v) is 6.64. The maximum atomic E-state index is 12.0. The van der Waals surface area contributed by atoms with E-state index in [1.807, 2.05) is 25.7 Å². The Bertz CT molecular complexity index is 277. The van der Waals surface area contributed by atoms with Gasteiger partial charge in [0.15, 0.2) is 0 Å². The quantitative estimate of drug-likeness (QED) is 0.738. The first-order valence-electron chi connectivity index (χ1n) is 6.64. The van der Waals surface area contributed by atoms with Gasteiger partial charge in [-0.15, -0.1) is 12.4 Å². The molecule has 2 aliphatic rings. The van der Waals surface area contributed by atoms with Crippen LogP contribution in [-0.4, -0.2) is 42.8 Å². The van der Waals surface area contributed by atoms with Crippen LogP contribution in [0.2, 0.25) is 0 Å². The van der Waals surface area contributed by atoms with E-state index in [1.54, 1.807) is 0 Å². The van der Waals surface area contributed by atoms with Crippen LogP contribution in [0.25, 0.3) is 0 Å². The van der Waals surface area contributed by atoms with E-state index in [-0.39, 0.29) is 24.1 Å². The average Bonchev–Trinajstić information content (AvgIpc) is 2.48. The Balaban J connectivity index is 0.00000162. The standard InChI is InChI=1S/C13H24N2O2.ClH/c1-13(2,3)17-12(16)15-8-10-4-6-14-7-5-11(10)9-15;/h10-11,14H,4-9H2,1-3H3;1H. The van der Waals surface area contributed by atoms with Crippen LogP contribution in [0.15, 0.2) is 0 Å². The molecule has 2 rings (SSSR count). The molecule has 1 N–H and O–H groups in total. The second-order valence-corrected chi connectivity index (χ2v) is 6.23. The van der Waals surface area contributed by atoms with E-state index in [9.17, 15) is 4.79 Å². The number of nitrogens with zero attached hydrogens (tertiary/aromatic N) is 1. The van der Waals surface area contributed by atoms with E-state index in [0.717, 1.165) is 26.2 Å². The molecule has 0 spiro atoms. The Morgan fingerprint density at radius 2 is 1.67 bits per heavy atom. The molecule has 0 bridgehead atoms. The second kappa shape index (κ2) is 6.11. The van der Waals surface area contributed by atoms with Gasteiger partial charge in [-0.05, 0) is 58.5 Å². The normalized spacial score (nSPS) is 28.1. The Kier molecular flexibility index (Phi) is 5.29. The second-order valence-electron chi connectivity index (χ2n) is 6.23. The Morgan fingerprint density at radius 1 is 1.17 bits per heavy atom. The largest absolute Gasteiger partial charge is 0.444 e. The van der Waals surface area contributed by atoms with Gasteiger partial charge in [-0.2, -0.15) is 0 Å². The number of carbonyl (C=O) groups is 1. The van der Waals surface area contributed by atoms with Gasteiger partial charge in [0, 0.05) is 13.1 Å². The summed E-state index contributed by atoms with van der Waals surface area (Å²) >= 11 is 0. The molecule has 4 nitrogen and oxygen atoms in total. The number of likely N-dealkylation sites (tertiary alicyclic amines) is 1. The average molecular weight is 277 g/mol. The molecule has 106 valence electrons. The molecule has 2 fully saturated rings. The van der Waals surface area contributed by atoms with E-state index in [0.29, 0.717) is 11.8 Å². The number of hydrogen-bond acceptors (Lipinski definition) is 3. The van der Waals surface area contributed by atoms with Crippen LogP contribution >= 0.6 is 12.4 Å². The lowest BCUT2D eigenvalue weighted by Crippen LogP contribution is -2.36. The number of fused-ring (bicyclic) bond motifs is 1. The third kappa shape index (κ3) is 4.02. The summed E-state index contributed by atoms with van der Waals surface area (Å²) in [5, 5.41) is 3.42. The van der Waals surface area contributed by atoms with Crippen molar-refractivity contribution in [1.29, 1.82) is 0 Å². The summed E-state index contributed by atoms with van der Waals surface area (Å²) < 4.78 is 5.43. The first-order chi connectivity index (χ1) is 7.96. The highest BCUT2D eigenvalue weighted by Crippen LogP contribution is 2.30. The summed E-state index contributed by atoms with van der Waals surface area (Å²) in [7, 11) is 0. The van der Waals surface area contributed by atoms with E-state index in [4.69, 9.17) is 4.74 Å². The molecule has 5 heteroatoms. The Hall–Kier alpha value is -0.480. The molecular weight excluding hydrogens is 252 g/mol. The zero-order valence-corrected chi connectivity index (χ0v) is 12.4. The molecule has 0 radical (unpaired) electrons. The Morgan fingerprint density at radius 3 is 2.11 bits per heavy atom. The number of ether oxygens (including phenoxy) is 1. The summed E-state index contributed by atoms with van der Waals surface area (Å²) in [4.78, 5) is 13.9. The molecule has 18 heavy (non-hydrogen) atoms. The summed E-state index contributed by atoms with van der Waals surface area (Å²) in [6.07, 6.45) is 2.23. The van der Waals surface area contributed by atoms with E-state index in [2.05, 4.69) is 5.32 Å². The molecular formula is C13H25ClN2O2. The maximum absolute atomic E-state index is 12.0. The lowest BCUT2D eigenvalue weighted by Gasteiger charge is -2.24. The molecule has 0 aliphatic carbocycles. The van der Waals surface area contributed by atoms with Crippen molar-refractivity contribution < 1.29 is 9.53 Å². The van der Waals surface area contributed by atoms with Crippen LogP contribution in [0.4, 0.5) is 4.79 Å². The summed E-state index contributed by atoms with van der Waals surface area (Å²) in [5.74, 6) is 1.33. The van der Waals surface area contributed by atoms with Crippen molar-refractivity contribution in [2.75, 3.05) is 26.2 Å². The topological polar surface area (TPSA) is 41.6 Å². The third-order valence-corrected chi connectivity index (χ3v) is 3.61. The van der Waals surface area contributed by atoms with Gasteiger partial charge in [0.1, 0.15) is 5.60 Å². The minimum Gasteiger partial charge on any atom is -0.444 e. The minimum atomic E-state index is -0.386. The number of carbonyl (C=O) groups excluding carboxylic acids is 1. The molecule has 1 amide bonds. The van der Waals surface area contributed by atoms with Crippen LogP contribution in [0.1, 0.15) is 33.6 Å². The fourth-order valence-electron chi connectivity index (χ4n) is 2.77. The molecule has 2 heterocycles. The fourth-order valence-corrected chi connectivity index (χ4v) is 2.77. The van der Waals surface area contributed by atoms with Crippen LogP contribution < -0.4 is 5.32 Å². The van der Waals surface area contributed by atoms with Gasteiger partial charge < -0.3 is 15.0 Å². The van der Waals surface area contributed by atoms with Crippen LogP contribution in [0, 0.1) is 11.8 Å². The van der Waals surface area contributed by atoms with Crippen molar-refractivity contribution in [2.45, 2.75) is 39.2 Å². The number of rotatable bonds is 0. The summed E-state index contributed by atoms with van der Waals surface area (Å²) in [5.41, 5.74) is -0.386. The van der Waals surface area contributed by atoms with Gasteiger partial charge in [-0.1, -0.05) is 0 Å². The molecule has 0 aromatic rings. The molecule has 2 aliphatic heterocycles. The maximum Gasteiger partial charge on any atom is 0.410 e. The van der Waals surface area contributed by atoms with Gasteiger partial charge >= 0.3 is 6.09 Å². The van der Waals surface area contributed by atoms with Crippen molar-refractivity contribution in [3.05, 3.63) is 0 Å². The van der Waals surface area contributed by atoms with E-state index in [1.165, 1.54) is 12.8 Å². The number of halogens is 1. The fraction of sp³-hybridized carbons (Fsp3) is 0.923. The number of hydrogen-bond donors (Lipinski definition) is 1. The number of nitrogens with one attached hydrogen (secondary N) is 1. The molecule has 2 unspecified atom stereocenters. The minimum absolute atomic E-state index is 0. The van der Waals surface area contributed by atoms with Crippen molar-refractivity contribution in [2.24, 2.45) is 11.8 Å². The van der Waals surface area contributed by atoms with Crippen molar-refractivity contribution in [3.63, 3.8) is 0 Å². The summed E-state index contributed by atoms with van der Waals surface area (Å²) in [6, 6.07) is 0. The molecule has 2 atom stereocenters. The van der Waals surface area contributed by atoms with Crippen molar-refractivity contribution in [3.8, 4) is 0 Å². The van der Waals surface area contributed by atoms with Gasteiger partial charge in [-0.3, -0.25) is 0 Å². The highest BCUT2D eigenvalue weighted by Gasteiger charge is 2.37. The Labute approximate surface area is 116 Å². The third-order valence-electron chi connectivity index (χ3n) is 3.61. The summed E-state index contributed by atoms with van der Waals surface area (Å²) in [6.45, 7) is 9.68. The highest BCUT2D eigenvalue weighted by atomic mass is 35.5. The monoisotopic (exact) mass is 276 g/mol. The van der Waals surface area contributed by atoms with Crippen LogP contribution in [0.5, 0.6) is 0 Å². The first kappa shape index (κ1) is 15.6. The predicted octanol–water partition coefficient (Wildman–Crippen LogP) is 2.27. The van der Waals surface area contributed by atoms with Crippen molar-refractivity contribution >= 4 is 18.5 Å². The van der Waals surface area contributed by atoms with Gasteiger partial charge in [0.25, 0.3) is 0 Å².